The fourth-order valence-corrected chi connectivity index (χ4v) is 3.12. The highest BCUT2D eigenvalue weighted by Gasteiger charge is 2.26. The summed E-state index contributed by atoms with van der Waals surface area (Å²) in [4.78, 5) is 30.0. The van der Waals surface area contributed by atoms with Crippen LogP contribution in [0.1, 0.15) is 50.5 Å². The molecule has 1 aromatic carbocycles. The van der Waals surface area contributed by atoms with E-state index < -0.39 is 6.04 Å². The van der Waals surface area contributed by atoms with Crippen LogP contribution in [0.25, 0.3) is 11.0 Å². The molecule has 3 aromatic rings. The van der Waals surface area contributed by atoms with Gasteiger partial charge < -0.3 is 10.6 Å². The summed E-state index contributed by atoms with van der Waals surface area (Å²) in [5.74, 6) is -0.554. The van der Waals surface area contributed by atoms with Gasteiger partial charge in [-0.3, -0.25) is 9.59 Å². The monoisotopic (exact) mass is 393 g/mol. The van der Waals surface area contributed by atoms with Crippen molar-refractivity contribution in [1.82, 2.24) is 20.1 Å². The number of amides is 2. The summed E-state index contributed by atoms with van der Waals surface area (Å²) < 4.78 is 1.84. The van der Waals surface area contributed by atoms with Gasteiger partial charge in [0.15, 0.2) is 5.65 Å². The van der Waals surface area contributed by atoms with Gasteiger partial charge in [-0.25, -0.2) is 9.67 Å². The maximum absolute atomic E-state index is 13.0. The number of nitrogens with one attached hydrogen (secondary N) is 2. The summed E-state index contributed by atoms with van der Waals surface area (Å²) in [6.45, 7) is 8.02. The standard InChI is InChI=1S/C22H27N5O2/c1-5-15(4)19(26-21(28)16-9-7-6-8-10-16)22(29)25-18-11-17-12-24-27(14(2)3)20(17)23-13-18/h6-15,19H,5H2,1-4H3,(H,25,29)(H,26,28). The molecule has 2 aromatic heterocycles. The molecule has 0 radical (unpaired) electrons. The van der Waals surface area contributed by atoms with Crippen LogP contribution in [0, 0.1) is 5.92 Å². The molecule has 7 nitrogen and oxygen atoms in total. The average molecular weight is 393 g/mol. The second kappa shape index (κ2) is 8.86. The van der Waals surface area contributed by atoms with Crippen molar-refractivity contribution in [3.05, 3.63) is 54.4 Å². The summed E-state index contributed by atoms with van der Waals surface area (Å²) in [5, 5.41) is 11.0. The molecule has 0 saturated heterocycles. The van der Waals surface area contributed by atoms with Crippen molar-refractivity contribution in [2.45, 2.75) is 46.2 Å². The van der Waals surface area contributed by atoms with Crippen LogP contribution < -0.4 is 10.6 Å². The number of anilines is 1. The van der Waals surface area contributed by atoms with Crippen molar-refractivity contribution in [3.63, 3.8) is 0 Å². The van der Waals surface area contributed by atoms with Gasteiger partial charge >= 0.3 is 0 Å². The number of carbonyl (C=O) groups excluding carboxylic acids is 2. The molecule has 0 fully saturated rings. The van der Waals surface area contributed by atoms with E-state index in [1.54, 1.807) is 36.7 Å². The molecule has 0 spiro atoms. The molecule has 2 atom stereocenters. The number of hydrogen-bond donors (Lipinski definition) is 2. The van der Waals surface area contributed by atoms with Gasteiger partial charge in [-0.05, 0) is 38.0 Å². The van der Waals surface area contributed by atoms with Crippen LogP contribution in [0.4, 0.5) is 5.69 Å². The highest BCUT2D eigenvalue weighted by molar-refractivity contribution is 6.01. The summed E-state index contributed by atoms with van der Waals surface area (Å²) in [5.41, 5.74) is 1.87. The van der Waals surface area contributed by atoms with E-state index >= 15 is 0 Å². The van der Waals surface area contributed by atoms with E-state index in [2.05, 4.69) is 20.7 Å². The smallest absolute Gasteiger partial charge is 0.251 e. The van der Waals surface area contributed by atoms with Crippen LogP contribution in [0.2, 0.25) is 0 Å². The highest BCUT2D eigenvalue weighted by atomic mass is 16.2. The Balaban J connectivity index is 1.78. The Bertz CT molecular complexity index is 997. The number of rotatable bonds is 7. The minimum atomic E-state index is -0.651. The van der Waals surface area contributed by atoms with Crippen molar-refractivity contribution < 1.29 is 9.59 Å². The average Bonchev–Trinajstić information content (AvgIpc) is 3.15. The molecule has 152 valence electrons. The number of aromatic nitrogens is 3. The third-order valence-electron chi connectivity index (χ3n) is 5.01. The van der Waals surface area contributed by atoms with Crippen molar-refractivity contribution in [2.24, 2.45) is 5.92 Å². The molecule has 2 heterocycles. The summed E-state index contributed by atoms with van der Waals surface area (Å²) in [6, 6.07) is 10.3. The van der Waals surface area contributed by atoms with E-state index in [9.17, 15) is 9.59 Å². The topological polar surface area (TPSA) is 88.9 Å². The third kappa shape index (κ3) is 4.62. The van der Waals surface area contributed by atoms with E-state index in [4.69, 9.17) is 0 Å². The van der Waals surface area contributed by atoms with Crippen LogP contribution in [-0.2, 0) is 4.79 Å². The first-order valence-corrected chi connectivity index (χ1v) is 9.90. The first-order valence-electron chi connectivity index (χ1n) is 9.90. The normalized spacial score (nSPS) is 13.3. The lowest BCUT2D eigenvalue weighted by Gasteiger charge is -2.23. The Labute approximate surface area is 170 Å². The van der Waals surface area contributed by atoms with Crippen molar-refractivity contribution in [3.8, 4) is 0 Å². The summed E-state index contributed by atoms with van der Waals surface area (Å²) in [7, 11) is 0. The molecule has 0 bridgehead atoms. The summed E-state index contributed by atoms with van der Waals surface area (Å²) in [6.07, 6.45) is 4.11. The van der Waals surface area contributed by atoms with E-state index in [1.165, 1.54) is 0 Å². The molecule has 0 aliphatic carbocycles. The molecule has 2 amide bonds. The second-order valence-electron chi connectivity index (χ2n) is 7.51. The van der Waals surface area contributed by atoms with Gasteiger partial charge in [0, 0.05) is 17.0 Å². The SMILES string of the molecule is CCC(C)C(NC(=O)c1ccccc1)C(=O)Nc1cnc2c(cnn2C(C)C)c1. The molecule has 2 N–H and O–H groups in total. The van der Waals surface area contributed by atoms with E-state index in [-0.39, 0.29) is 23.8 Å². The third-order valence-corrected chi connectivity index (χ3v) is 5.01. The number of pyridine rings is 1. The van der Waals surface area contributed by atoms with Gasteiger partial charge in [-0.2, -0.15) is 5.10 Å². The number of carbonyl (C=O) groups is 2. The zero-order chi connectivity index (χ0) is 21.0. The van der Waals surface area contributed by atoms with Gasteiger partial charge in [-0.15, -0.1) is 0 Å². The molecule has 2 unspecified atom stereocenters. The lowest BCUT2D eigenvalue weighted by molar-refractivity contribution is -0.119. The predicted octanol–water partition coefficient (Wildman–Crippen LogP) is 3.80. The van der Waals surface area contributed by atoms with Crippen LogP contribution in [0.3, 0.4) is 0 Å². The second-order valence-corrected chi connectivity index (χ2v) is 7.51. The molecule has 3 rings (SSSR count). The predicted molar refractivity (Wildman–Crippen MR) is 114 cm³/mol. The van der Waals surface area contributed by atoms with Gasteiger partial charge in [-0.1, -0.05) is 38.5 Å². The van der Waals surface area contributed by atoms with E-state index in [0.29, 0.717) is 11.3 Å². The van der Waals surface area contributed by atoms with Crippen LogP contribution in [0.15, 0.2) is 48.8 Å². The fraction of sp³-hybridized carbons (Fsp3) is 0.364. The van der Waals surface area contributed by atoms with Gasteiger partial charge in [0.1, 0.15) is 6.04 Å². The Morgan fingerprint density at radius 1 is 1.10 bits per heavy atom. The first-order chi connectivity index (χ1) is 13.9. The molecule has 0 aliphatic rings. The largest absolute Gasteiger partial charge is 0.340 e. The number of benzene rings is 1. The van der Waals surface area contributed by atoms with Crippen molar-refractivity contribution in [2.75, 3.05) is 5.32 Å². The molecular formula is C22H27N5O2. The molecule has 7 heteroatoms. The number of fused-ring (bicyclic) bond motifs is 1. The summed E-state index contributed by atoms with van der Waals surface area (Å²) >= 11 is 0. The Kier molecular flexibility index (Phi) is 6.26. The van der Waals surface area contributed by atoms with Gasteiger partial charge in [0.2, 0.25) is 5.91 Å². The van der Waals surface area contributed by atoms with E-state index in [1.807, 2.05) is 44.5 Å². The van der Waals surface area contributed by atoms with Gasteiger partial charge in [0.25, 0.3) is 5.91 Å². The zero-order valence-electron chi connectivity index (χ0n) is 17.2. The van der Waals surface area contributed by atoms with Crippen LogP contribution >= 0.6 is 0 Å². The quantitative estimate of drug-likeness (QED) is 0.639. The lowest BCUT2D eigenvalue weighted by atomic mass is 9.97. The van der Waals surface area contributed by atoms with Crippen molar-refractivity contribution >= 4 is 28.5 Å². The zero-order valence-corrected chi connectivity index (χ0v) is 17.2. The highest BCUT2D eigenvalue weighted by Crippen LogP contribution is 2.20. The number of hydrogen-bond acceptors (Lipinski definition) is 4. The molecule has 29 heavy (non-hydrogen) atoms. The maximum Gasteiger partial charge on any atom is 0.251 e. The van der Waals surface area contributed by atoms with Crippen molar-refractivity contribution in [1.29, 1.82) is 0 Å². The van der Waals surface area contributed by atoms with Crippen LogP contribution in [-0.4, -0.2) is 32.6 Å². The Morgan fingerprint density at radius 3 is 2.48 bits per heavy atom. The minimum absolute atomic E-state index is 0.0250. The fourth-order valence-electron chi connectivity index (χ4n) is 3.12. The first kappa shape index (κ1) is 20.5. The van der Waals surface area contributed by atoms with Crippen LogP contribution in [0.5, 0.6) is 0 Å². The Morgan fingerprint density at radius 2 is 1.83 bits per heavy atom. The molecule has 0 aliphatic heterocycles. The molecule has 0 saturated carbocycles. The Hall–Kier alpha value is -3.22. The lowest BCUT2D eigenvalue weighted by Crippen LogP contribution is -2.47. The number of nitrogens with zero attached hydrogens (tertiary/aromatic N) is 3. The van der Waals surface area contributed by atoms with Gasteiger partial charge in [0.05, 0.1) is 18.1 Å². The minimum Gasteiger partial charge on any atom is -0.340 e. The molecular weight excluding hydrogens is 366 g/mol. The maximum atomic E-state index is 13.0. The van der Waals surface area contributed by atoms with E-state index in [0.717, 1.165) is 17.5 Å².